The van der Waals surface area contributed by atoms with Gasteiger partial charge in [-0.1, -0.05) is 17.7 Å². The molecule has 1 fully saturated rings. The third-order valence-electron chi connectivity index (χ3n) is 3.68. The van der Waals surface area contributed by atoms with Gasteiger partial charge in [0, 0.05) is 32.7 Å². The second kappa shape index (κ2) is 8.00. The van der Waals surface area contributed by atoms with E-state index in [1.807, 2.05) is 31.2 Å². The molecular formula is C16H25N3O2. The molecule has 2 N–H and O–H groups in total. The SMILES string of the molecule is CCNC(=O)C1CNCCN1CCOc1ccc(C)cc1. The van der Waals surface area contributed by atoms with Gasteiger partial charge in [0.05, 0.1) is 0 Å². The molecule has 116 valence electrons. The van der Waals surface area contributed by atoms with E-state index in [1.165, 1.54) is 5.56 Å². The van der Waals surface area contributed by atoms with E-state index in [9.17, 15) is 4.79 Å². The van der Waals surface area contributed by atoms with Crippen LogP contribution in [0.3, 0.4) is 0 Å². The molecule has 1 amide bonds. The summed E-state index contributed by atoms with van der Waals surface area (Å²) in [5, 5.41) is 6.17. The number of carbonyl (C=O) groups excluding carboxylic acids is 1. The summed E-state index contributed by atoms with van der Waals surface area (Å²) in [5.41, 5.74) is 1.22. The molecule has 0 saturated carbocycles. The first-order valence-electron chi connectivity index (χ1n) is 7.62. The van der Waals surface area contributed by atoms with Gasteiger partial charge in [-0.2, -0.15) is 0 Å². The molecule has 1 aliphatic heterocycles. The summed E-state index contributed by atoms with van der Waals surface area (Å²) in [6, 6.07) is 7.94. The average molecular weight is 291 g/mol. The van der Waals surface area contributed by atoms with E-state index >= 15 is 0 Å². The van der Waals surface area contributed by atoms with Crippen LogP contribution >= 0.6 is 0 Å². The third kappa shape index (κ3) is 4.72. The monoisotopic (exact) mass is 291 g/mol. The highest BCUT2D eigenvalue weighted by Crippen LogP contribution is 2.11. The predicted octanol–water partition coefficient (Wildman–Crippen LogP) is 0.784. The molecule has 0 bridgehead atoms. The molecule has 1 saturated heterocycles. The molecule has 1 atom stereocenters. The maximum absolute atomic E-state index is 12.0. The zero-order valence-corrected chi connectivity index (χ0v) is 12.9. The lowest BCUT2D eigenvalue weighted by Crippen LogP contribution is -2.58. The summed E-state index contributed by atoms with van der Waals surface area (Å²) in [7, 11) is 0. The van der Waals surface area contributed by atoms with Crippen molar-refractivity contribution in [1.82, 2.24) is 15.5 Å². The molecular weight excluding hydrogens is 266 g/mol. The van der Waals surface area contributed by atoms with Crippen LogP contribution in [-0.2, 0) is 4.79 Å². The van der Waals surface area contributed by atoms with E-state index < -0.39 is 0 Å². The molecule has 0 aromatic heterocycles. The van der Waals surface area contributed by atoms with Crippen molar-refractivity contribution in [3.05, 3.63) is 29.8 Å². The molecule has 0 aliphatic carbocycles. The molecule has 1 aliphatic rings. The van der Waals surface area contributed by atoms with E-state index in [-0.39, 0.29) is 11.9 Å². The first-order valence-corrected chi connectivity index (χ1v) is 7.62. The molecule has 5 nitrogen and oxygen atoms in total. The van der Waals surface area contributed by atoms with Crippen molar-refractivity contribution in [2.45, 2.75) is 19.9 Å². The van der Waals surface area contributed by atoms with Crippen LogP contribution in [0.5, 0.6) is 5.75 Å². The van der Waals surface area contributed by atoms with E-state index in [1.54, 1.807) is 0 Å². The van der Waals surface area contributed by atoms with Crippen LogP contribution in [0.4, 0.5) is 0 Å². The Kier molecular flexibility index (Phi) is 6.02. The number of carbonyl (C=O) groups is 1. The second-order valence-corrected chi connectivity index (χ2v) is 5.31. The highest BCUT2D eigenvalue weighted by Gasteiger charge is 2.27. The van der Waals surface area contributed by atoms with Crippen LogP contribution in [0.25, 0.3) is 0 Å². The van der Waals surface area contributed by atoms with Gasteiger partial charge in [0.2, 0.25) is 5.91 Å². The highest BCUT2D eigenvalue weighted by atomic mass is 16.5. The number of amides is 1. The van der Waals surface area contributed by atoms with Gasteiger partial charge in [-0.25, -0.2) is 0 Å². The number of ether oxygens (including phenoxy) is 1. The summed E-state index contributed by atoms with van der Waals surface area (Å²) < 4.78 is 5.76. The number of aryl methyl sites for hydroxylation is 1. The predicted molar refractivity (Wildman–Crippen MR) is 83.6 cm³/mol. The summed E-state index contributed by atoms with van der Waals surface area (Å²) >= 11 is 0. The molecule has 2 rings (SSSR count). The van der Waals surface area contributed by atoms with E-state index in [0.29, 0.717) is 19.7 Å². The molecule has 1 heterocycles. The molecule has 0 radical (unpaired) electrons. The molecule has 1 unspecified atom stereocenters. The zero-order valence-electron chi connectivity index (χ0n) is 12.9. The number of likely N-dealkylation sites (N-methyl/N-ethyl adjacent to an activating group) is 1. The molecule has 21 heavy (non-hydrogen) atoms. The minimum Gasteiger partial charge on any atom is -0.492 e. The van der Waals surface area contributed by atoms with Gasteiger partial charge in [-0.3, -0.25) is 9.69 Å². The second-order valence-electron chi connectivity index (χ2n) is 5.31. The number of hydrogen-bond acceptors (Lipinski definition) is 4. The standard InChI is InChI=1S/C16H25N3O2/c1-3-18-16(20)15-12-17-8-9-19(15)10-11-21-14-6-4-13(2)5-7-14/h4-7,15,17H,3,8-12H2,1-2H3,(H,18,20). The fraction of sp³-hybridized carbons (Fsp3) is 0.562. The molecule has 1 aromatic carbocycles. The van der Waals surface area contributed by atoms with Gasteiger partial charge < -0.3 is 15.4 Å². The van der Waals surface area contributed by atoms with Gasteiger partial charge in [0.25, 0.3) is 0 Å². The minimum atomic E-state index is -0.0969. The fourth-order valence-electron chi connectivity index (χ4n) is 2.48. The Morgan fingerprint density at radius 2 is 2.19 bits per heavy atom. The maximum Gasteiger partial charge on any atom is 0.238 e. The fourth-order valence-corrected chi connectivity index (χ4v) is 2.48. The van der Waals surface area contributed by atoms with Gasteiger partial charge in [0.15, 0.2) is 0 Å². The summed E-state index contributed by atoms with van der Waals surface area (Å²) in [6.45, 7) is 8.52. The lowest BCUT2D eigenvalue weighted by molar-refractivity contribution is -0.127. The number of hydrogen-bond donors (Lipinski definition) is 2. The first-order chi connectivity index (χ1) is 10.2. The number of benzene rings is 1. The Morgan fingerprint density at radius 3 is 2.90 bits per heavy atom. The maximum atomic E-state index is 12.0. The van der Waals surface area contributed by atoms with Crippen molar-refractivity contribution in [2.24, 2.45) is 0 Å². The number of piperazine rings is 1. The topological polar surface area (TPSA) is 53.6 Å². The lowest BCUT2D eigenvalue weighted by atomic mass is 10.1. The van der Waals surface area contributed by atoms with Crippen molar-refractivity contribution in [3.8, 4) is 5.75 Å². The van der Waals surface area contributed by atoms with Crippen molar-refractivity contribution in [1.29, 1.82) is 0 Å². The van der Waals surface area contributed by atoms with Crippen LogP contribution in [0.1, 0.15) is 12.5 Å². The summed E-state index contributed by atoms with van der Waals surface area (Å²) in [6.07, 6.45) is 0. The largest absolute Gasteiger partial charge is 0.492 e. The van der Waals surface area contributed by atoms with Crippen LogP contribution in [0, 0.1) is 6.92 Å². The van der Waals surface area contributed by atoms with Crippen molar-refractivity contribution in [2.75, 3.05) is 39.3 Å². The Morgan fingerprint density at radius 1 is 1.43 bits per heavy atom. The molecule has 1 aromatic rings. The lowest BCUT2D eigenvalue weighted by Gasteiger charge is -2.34. The van der Waals surface area contributed by atoms with Gasteiger partial charge in [0.1, 0.15) is 18.4 Å². The summed E-state index contributed by atoms with van der Waals surface area (Å²) in [4.78, 5) is 14.2. The van der Waals surface area contributed by atoms with Gasteiger partial charge in [-0.15, -0.1) is 0 Å². The number of nitrogens with zero attached hydrogens (tertiary/aromatic N) is 1. The Bertz CT molecular complexity index is 447. The normalized spacial score (nSPS) is 19.2. The van der Waals surface area contributed by atoms with Crippen LogP contribution in [0.2, 0.25) is 0 Å². The molecule has 0 spiro atoms. The van der Waals surface area contributed by atoms with Crippen LogP contribution in [-0.4, -0.2) is 56.2 Å². The average Bonchev–Trinajstić information content (AvgIpc) is 2.50. The molecule has 5 heteroatoms. The third-order valence-corrected chi connectivity index (χ3v) is 3.68. The summed E-state index contributed by atoms with van der Waals surface area (Å²) in [5.74, 6) is 0.977. The van der Waals surface area contributed by atoms with Crippen LogP contribution in [0.15, 0.2) is 24.3 Å². The number of rotatable bonds is 6. The number of nitrogens with one attached hydrogen (secondary N) is 2. The van der Waals surface area contributed by atoms with Crippen molar-refractivity contribution >= 4 is 5.91 Å². The van der Waals surface area contributed by atoms with Gasteiger partial charge in [-0.05, 0) is 26.0 Å². The Hall–Kier alpha value is -1.59. The van der Waals surface area contributed by atoms with E-state index in [0.717, 1.165) is 25.4 Å². The van der Waals surface area contributed by atoms with Gasteiger partial charge >= 0.3 is 0 Å². The minimum absolute atomic E-state index is 0.0969. The Balaban J connectivity index is 1.82. The van der Waals surface area contributed by atoms with E-state index in [2.05, 4.69) is 22.5 Å². The van der Waals surface area contributed by atoms with Crippen molar-refractivity contribution in [3.63, 3.8) is 0 Å². The van der Waals surface area contributed by atoms with Crippen molar-refractivity contribution < 1.29 is 9.53 Å². The van der Waals surface area contributed by atoms with E-state index in [4.69, 9.17) is 4.74 Å². The highest BCUT2D eigenvalue weighted by molar-refractivity contribution is 5.82. The quantitative estimate of drug-likeness (QED) is 0.813. The smallest absolute Gasteiger partial charge is 0.238 e. The first kappa shape index (κ1) is 15.8. The van der Waals surface area contributed by atoms with Crippen LogP contribution < -0.4 is 15.4 Å². The Labute approximate surface area is 126 Å². The zero-order chi connectivity index (χ0) is 15.1.